The van der Waals surface area contributed by atoms with Crippen LogP contribution in [0.25, 0.3) is 0 Å². The number of rotatable bonds is 0. The molecule has 5 nitrogen and oxygen atoms in total. The minimum atomic E-state index is -0.397. The Morgan fingerprint density at radius 1 is 1.31 bits per heavy atom. The van der Waals surface area contributed by atoms with Gasteiger partial charge in [-0.3, -0.25) is 14.9 Å². The molecule has 1 spiro atoms. The molecule has 0 atom stereocenters. The Bertz CT molecular complexity index is 270. The zero-order valence-electron chi connectivity index (χ0n) is 10.3. The zero-order valence-corrected chi connectivity index (χ0v) is 10.3. The molecule has 0 aromatic carbocycles. The summed E-state index contributed by atoms with van der Waals surface area (Å²) >= 11 is 0. The molecule has 0 aliphatic carbocycles. The molecule has 2 aliphatic heterocycles. The van der Waals surface area contributed by atoms with Crippen molar-refractivity contribution in [2.45, 2.75) is 39.2 Å². The van der Waals surface area contributed by atoms with Gasteiger partial charge in [-0.15, -0.1) is 0 Å². The summed E-state index contributed by atoms with van der Waals surface area (Å²) in [5.41, 5.74) is -0.397. The molecule has 0 unspecified atom stereocenters. The van der Waals surface area contributed by atoms with E-state index in [1.807, 2.05) is 13.8 Å². The molecule has 2 fully saturated rings. The first-order chi connectivity index (χ1) is 7.64. The summed E-state index contributed by atoms with van der Waals surface area (Å²) in [6.45, 7) is 7.48. The molecule has 5 heteroatoms. The fourth-order valence-electron chi connectivity index (χ4n) is 2.15. The molecule has 92 valence electrons. The predicted molar refractivity (Wildman–Crippen MR) is 61.7 cm³/mol. The van der Waals surface area contributed by atoms with E-state index < -0.39 is 5.54 Å². The summed E-state index contributed by atoms with van der Waals surface area (Å²) < 4.78 is 0. The summed E-state index contributed by atoms with van der Waals surface area (Å²) in [5.74, 6) is 0.180. The van der Waals surface area contributed by atoms with Gasteiger partial charge in [0.1, 0.15) is 5.54 Å². The Morgan fingerprint density at radius 3 is 2.25 bits per heavy atom. The molecule has 16 heavy (non-hydrogen) atoms. The van der Waals surface area contributed by atoms with Gasteiger partial charge in [-0.05, 0) is 12.8 Å². The van der Waals surface area contributed by atoms with Crippen LogP contribution in [0.2, 0.25) is 0 Å². The maximum atomic E-state index is 11.6. The number of carbonyl (C=O) groups excluding carboxylic acids is 2. The van der Waals surface area contributed by atoms with Crippen molar-refractivity contribution in [1.82, 2.24) is 15.5 Å². The largest absolute Gasteiger partial charge is 0.343 e. The lowest BCUT2D eigenvalue weighted by Gasteiger charge is -2.36. The molecular weight excluding hydrogens is 206 g/mol. The fraction of sp³-hybridized carbons (Fsp3) is 0.818. The molecule has 0 bridgehead atoms. The molecule has 2 amide bonds. The first-order valence-electron chi connectivity index (χ1n) is 5.93. The lowest BCUT2D eigenvalue weighted by atomic mass is 9.88. The Balaban J connectivity index is 0.000000606. The Morgan fingerprint density at radius 2 is 1.88 bits per heavy atom. The topological polar surface area (TPSA) is 61.4 Å². The van der Waals surface area contributed by atoms with E-state index in [0.29, 0.717) is 19.8 Å². The van der Waals surface area contributed by atoms with E-state index in [0.717, 1.165) is 12.8 Å². The summed E-state index contributed by atoms with van der Waals surface area (Å²) in [4.78, 5) is 24.4. The number of nitrogens with one attached hydrogen (secondary N) is 2. The van der Waals surface area contributed by atoms with Crippen molar-refractivity contribution in [2.24, 2.45) is 0 Å². The van der Waals surface area contributed by atoms with Crippen molar-refractivity contribution < 1.29 is 9.59 Å². The number of likely N-dealkylation sites (tertiary alicyclic amines) is 1. The van der Waals surface area contributed by atoms with E-state index in [-0.39, 0.29) is 11.8 Å². The van der Waals surface area contributed by atoms with E-state index in [1.54, 1.807) is 11.8 Å². The lowest BCUT2D eigenvalue weighted by molar-refractivity contribution is -0.134. The van der Waals surface area contributed by atoms with E-state index in [4.69, 9.17) is 0 Å². The van der Waals surface area contributed by atoms with Crippen LogP contribution in [-0.4, -0.2) is 42.0 Å². The third-order valence-corrected chi connectivity index (χ3v) is 3.17. The lowest BCUT2D eigenvalue weighted by Crippen LogP contribution is -2.55. The van der Waals surface area contributed by atoms with Gasteiger partial charge in [0.2, 0.25) is 11.8 Å². The van der Waals surface area contributed by atoms with Gasteiger partial charge in [0.25, 0.3) is 0 Å². The zero-order chi connectivity index (χ0) is 12.2. The monoisotopic (exact) mass is 227 g/mol. The highest BCUT2D eigenvalue weighted by molar-refractivity contribution is 5.88. The minimum absolute atomic E-state index is 0.0840. The van der Waals surface area contributed by atoms with Gasteiger partial charge >= 0.3 is 0 Å². The van der Waals surface area contributed by atoms with Crippen LogP contribution in [0, 0.1) is 0 Å². The second kappa shape index (κ2) is 5.30. The van der Waals surface area contributed by atoms with Crippen molar-refractivity contribution in [2.75, 3.05) is 19.8 Å². The van der Waals surface area contributed by atoms with Crippen molar-refractivity contribution in [3.8, 4) is 0 Å². The van der Waals surface area contributed by atoms with Crippen LogP contribution in [0.15, 0.2) is 0 Å². The van der Waals surface area contributed by atoms with Crippen molar-refractivity contribution >= 4 is 11.8 Å². The van der Waals surface area contributed by atoms with Crippen LogP contribution >= 0.6 is 0 Å². The van der Waals surface area contributed by atoms with Crippen molar-refractivity contribution in [1.29, 1.82) is 0 Å². The Kier molecular flexibility index (Phi) is 4.29. The van der Waals surface area contributed by atoms with Gasteiger partial charge < -0.3 is 10.2 Å². The van der Waals surface area contributed by atoms with Gasteiger partial charge in [0, 0.05) is 20.0 Å². The second-order valence-electron chi connectivity index (χ2n) is 3.95. The molecule has 2 saturated heterocycles. The van der Waals surface area contributed by atoms with Gasteiger partial charge in [-0.1, -0.05) is 13.8 Å². The maximum absolute atomic E-state index is 11.6. The summed E-state index contributed by atoms with van der Waals surface area (Å²) in [6, 6.07) is 0. The molecule has 2 N–H and O–H groups in total. The second-order valence-corrected chi connectivity index (χ2v) is 3.95. The fourth-order valence-corrected chi connectivity index (χ4v) is 2.15. The summed E-state index contributed by atoms with van der Waals surface area (Å²) in [6.07, 6.45) is 1.44. The van der Waals surface area contributed by atoms with E-state index in [1.165, 1.54) is 0 Å². The Labute approximate surface area is 96.6 Å². The van der Waals surface area contributed by atoms with E-state index >= 15 is 0 Å². The molecular formula is C11H21N3O2. The number of piperidine rings is 1. The van der Waals surface area contributed by atoms with Gasteiger partial charge in [0.15, 0.2) is 0 Å². The average molecular weight is 227 g/mol. The number of hydrogen-bond acceptors (Lipinski definition) is 3. The maximum Gasteiger partial charge on any atom is 0.241 e. The highest BCUT2D eigenvalue weighted by atomic mass is 16.2. The van der Waals surface area contributed by atoms with Crippen LogP contribution in [0.4, 0.5) is 0 Å². The van der Waals surface area contributed by atoms with Crippen LogP contribution in [-0.2, 0) is 9.59 Å². The first-order valence-corrected chi connectivity index (χ1v) is 5.93. The van der Waals surface area contributed by atoms with Crippen LogP contribution in [0.5, 0.6) is 0 Å². The quantitative estimate of drug-likeness (QED) is 0.615. The molecule has 2 aliphatic rings. The van der Waals surface area contributed by atoms with Crippen molar-refractivity contribution in [3.05, 3.63) is 0 Å². The van der Waals surface area contributed by atoms with E-state index in [9.17, 15) is 9.59 Å². The highest BCUT2D eigenvalue weighted by Gasteiger charge is 2.44. The summed E-state index contributed by atoms with van der Waals surface area (Å²) in [7, 11) is 0. The molecule has 0 saturated carbocycles. The SMILES string of the molecule is CC.CC(=O)N1CCC2(CC1)NCNC2=O. The minimum Gasteiger partial charge on any atom is -0.343 e. The van der Waals surface area contributed by atoms with Crippen LogP contribution < -0.4 is 10.6 Å². The molecule has 0 aromatic heterocycles. The van der Waals surface area contributed by atoms with Crippen LogP contribution in [0.1, 0.15) is 33.6 Å². The number of amides is 2. The van der Waals surface area contributed by atoms with Crippen molar-refractivity contribution in [3.63, 3.8) is 0 Å². The van der Waals surface area contributed by atoms with Gasteiger partial charge in [-0.25, -0.2) is 0 Å². The molecule has 0 aromatic rings. The molecule has 2 rings (SSSR count). The smallest absolute Gasteiger partial charge is 0.241 e. The third kappa shape index (κ3) is 2.35. The number of nitrogens with zero attached hydrogens (tertiary/aromatic N) is 1. The van der Waals surface area contributed by atoms with Gasteiger partial charge in [0.05, 0.1) is 6.67 Å². The standard InChI is InChI=1S/C9H15N3O2.C2H6/c1-7(13)12-4-2-9(3-5-12)8(14)10-6-11-9;1-2/h11H,2-6H2,1H3,(H,10,14);1-2H3. The number of hydrogen-bond donors (Lipinski definition) is 2. The third-order valence-electron chi connectivity index (χ3n) is 3.17. The predicted octanol–water partition coefficient (Wildman–Crippen LogP) is 0.0706. The normalized spacial score (nSPS) is 22.4. The van der Waals surface area contributed by atoms with Crippen LogP contribution in [0.3, 0.4) is 0 Å². The highest BCUT2D eigenvalue weighted by Crippen LogP contribution is 2.24. The average Bonchev–Trinajstić information content (AvgIpc) is 2.64. The molecule has 0 radical (unpaired) electrons. The Hall–Kier alpha value is -1.10. The number of carbonyl (C=O) groups is 2. The summed E-state index contributed by atoms with van der Waals surface area (Å²) in [5, 5.41) is 5.95. The first kappa shape index (κ1) is 13.0. The van der Waals surface area contributed by atoms with E-state index in [2.05, 4.69) is 10.6 Å². The van der Waals surface area contributed by atoms with Gasteiger partial charge in [-0.2, -0.15) is 0 Å². The molecule has 2 heterocycles.